The average molecular weight is 215 g/mol. The van der Waals surface area contributed by atoms with Gasteiger partial charge in [-0.05, 0) is 0 Å². The summed E-state index contributed by atoms with van der Waals surface area (Å²) in [5.41, 5.74) is 0. The average Bonchev–Trinajstić information content (AvgIpc) is 2.59. The molecule has 0 unspecified atom stereocenters. The predicted octanol–water partition coefficient (Wildman–Crippen LogP) is -1.12. The third kappa shape index (κ3) is 2.53. The highest BCUT2D eigenvalue weighted by Gasteiger charge is 2.41. The number of carbonyl (C=O) groups is 3. The Hall–Kier alpha value is -1.43. The Morgan fingerprint density at radius 2 is 2.07 bits per heavy atom. The molecule has 0 spiro atoms. The number of methoxy groups -OCH3 is 2. The Bertz CT molecular complexity index is 288. The van der Waals surface area contributed by atoms with Crippen LogP contribution in [0, 0.1) is 5.92 Å². The van der Waals surface area contributed by atoms with Crippen LogP contribution < -0.4 is 5.32 Å². The highest BCUT2D eigenvalue weighted by atomic mass is 16.5. The van der Waals surface area contributed by atoms with E-state index in [2.05, 4.69) is 14.8 Å². The summed E-state index contributed by atoms with van der Waals surface area (Å²) in [6, 6.07) is -0.735. The van der Waals surface area contributed by atoms with Crippen LogP contribution in [0.25, 0.3) is 0 Å². The van der Waals surface area contributed by atoms with Gasteiger partial charge in [-0.25, -0.2) is 0 Å². The first-order chi connectivity index (χ1) is 7.10. The standard InChI is InChI=1S/C9H13NO5/c1-14-7(12)3-5-6(11)4-10-8(5)9(13)15-2/h5,8,10H,3-4H2,1-2H3/t5-,8-/m0/s1. The summed E-state index contributed by atoms with van der Waals surface area (Å²) in [6.45, 7) is 0.0847. The van der Waals surface area contributed by atoms with E-state index in [0.29, 0.717) is 0 Å². The van der Waals surface area contributed by atoms with Crippen LogP contribution in [0.15, 0.2) is 0 Å². The van der Waals surface area contributed by atoms with E-state index in [9.17, 15) is 14.4 Å². The number of carbonyl (C=O) groups excluding carboxylic acids is 3. The van der Waals surface area contributed by atoms with E-state index in [1.165, 1.54) is 14.2 Å². The zero-order valence-electron chi connectivity index (χ0n) is 8.61. The Labute approximate surface area is 86.9 Å². The Kier molecular flexibility index (Phi) is 3.79. The second-order valence-electron chi connectivity index (χ2n) is 3.23. The molecule has 0 aromatic rings. The van der Waals surface area contributed by atoms with Crippen molar-refractivity contribution in [3.05, 3.63) is 0 Å². The van der Waals surface area contributed by atoms with Gasteiger partial charge < -0.3 is 9.47 Å². The topological polar surface area (TPSA) is 81.7 Å². The highest BCUT2D eigenvalue weighted by Crippen LogP contribution is 2.18. The summed E-state index contributed by atoms with van der Waals surface area (Å²) >= 11 is 0. The van der Waals surface area contributed by atoms with E-state index in [1.54, 1.807) is 0 Å². The van der Waals surface area contributed by atoms with Crippen molar-refractivity contribution in [3.8, 4) is 0 Å². The second-order valence-corrected chi connectivity index (χ2v) is 3.23. The first-order valence-corrected chi connectivity index (χ1v) is 4.51. The van der Waals surface area contributed by atoms with Crippen molar-refractivity contribution in [3.63, 3.8) is 0 Å². The predicted molar refractivity (Wildman–Crippen MR) is 48.9 cm³/mol. The smallest absolute Gasteiger partial charge is 0.323 e. The molecule has 1 heterocycles. The maximum absolute atomic E-state index is 11.4. The van der Waals surface area contributed by atoms with Gasteiger partial charge in [0.2, 0.25) is 0 Å². The molecule has 0 aliphatic carbocycles. The fraction of sp³-hybridized carbons (Fsp3) is 0.667. The number of ketones is 1. The number of rotatable bonds is 3. The molecule has 0 amide bonds. The molecule has 0 saturated carbocycles. The van der Waals surface area contributed by atoms with E-state index in [4.69, 9.17) is 0 Å². The van der Waals surface area contributed by atoms with E-state index in [0.717, 1.165) is 0 Å². The lowest BCUT2D eigenvalue weighted by Gasteiger charge is -2.14. The summed E-state index contributed by atoms with van der Waals surface area (Å²) in [7, 11) is 2.48. The number of ether oxygens (including phenoxy) is 2. The molecule has 1 saturated heterocycles. The van der Waals surface area contributed by atoms with Gasteiger partial charge in [-0.2, -0.15) is 0 Å². The molecule has 0 radical (unpaired) electrons. The number of hydrogen-bond donors (Lipinski definition) is 1. The van der Waals surface area contributed by atoms with Gasteiger partial charge in [-0.15, -0.1) is 0 Å². The zero-order chi connectivity index (χ0) is 11.4. The highest BCUT2D eigenvalue weighted by molar-refractivity contribution is 5.95. The zero-order valence-corrected chi connectivity index (χ0v) is 8.61. The molecule has 1 fully saturated rings. The van der Waals surface area contributed by atoms with Crippen molar-refractivity contribution in [2.24, 2.45) is 5.92 Å². The molecule has 15 heavy (non-hydrogen) atoms. The molecule has 2 atom stereocenters. The minimum absolute atomic E-state index is 0.0847. The van der Waals surface area contributed by atoms with Crippen LogP contribution in [0.2, 0.25) is 0 Å². The van der Waals surface area contributed by atoms with Crippen LogP contribution in [0.3, 0.4) is 0 Å². The van der Waals surface area contributed by atoms with Gasteiger partial charge in [0.05, 0.1) is 33.1 Å². The summed E-state index contributed by atoms with van der Waals surface area (Å²) in [5, 5.41) is 2.70. The molecule has 84 valence electrons. The molecule has 0 bridgehead atoms. The summed E-state index contributed by atoms with van der Waals surface area (Å²) < 4.78 is 8.97. The Morgan fingerprint density at radius 1 is 1.40 bits per heavy atom. The van der Waals surface area contributed by atoms with E-state index >= 15 is 0 Å². The largest absolute Gasteiger partial charge is 0.469 e. The minimum atomic E-state index is -0.735. The van der Waals surface area contributed by atoms with Crippen molar-refractivity contribution in [1.82, 2.24) is 5.32 Å². The molecule has 0 aromatic carbocycles. The van der Waals surface area contributed by atoms with Gasteiger partial charge in [0.1, 0.15) is 6.04 Å². The van der Waals surface area contributed by atoms with Crippen LogP contribution in [0.1, 0.15) is 6.42 Å². The SMILES string of the molecule is COC(=O)C[C@H]1C(=O)CN[C@@H]1C(=O)OC. The van der Waals surface area contributed by atoms with Crippen LogP contribution in [-0.2, 0) is 23.9 Å². The van der Waals surface area contributed by atoms with Crippen LogP contribution in [0.4, 0.5) is 0 Å². The quantitative estimate of drug-likeness (QED) is 0.600. The fourth-order valence-corrected chi connectivity index (χ4v) is 1.54. The lowest BCUT2D eigenvalue weighted by atomic mass is 9.96. The van der Waals surface area contributed by atoms with Crippen LogP contribution in [0.5, 0.6) is 0 Å². The monoisotopic (exact) mass is 215 g/mol. The second kappa shape index (κ2) is 4.88. The first kappa shape index (κ1) is 11.6. The van der Waals surface area contributed by atoms with Crippen molar-refractivity contribution in [1.29, 1.82) is 0 Å². The van der Waals surface area contributed by atoms with Crippen molar-refractivity contribution in [2.75, 3.05) is 20.8 Å². The lowest BCUT2D eigenvalue weighted by Crippen LogP contribution is -2.38. The van der Waals surface area contributed by atoms with E-state index in [1.807, 2.05) is 0 Å². The summed E-state index contributed by atoms with van der Waals surface area (Å²) in [6.07, 6.45) is -0.0951. The van der Waals surface area contributed by atoms with Crippen LogP contribution in [-0.4, -0.2) is 44.5 Å². The third-order valence-electron chi connectivity index (χ3n) is 2.38. The maximum atomic E-state index is 11.4. The van der Waals surface area contributed by atoms with Crippen LogP contribution >= 0.6 is 0 Å². The number of hydrogen-bond acceptors (Lipinski definition) is 6. The lowest BCUT2D eigenvalue weighted by molar-refractivity contribution is -0.147. The Balaban J connectivity index is 2.68. The fourth-order valence-electron chi connectivity index (χ4n) is 1.54. The molecule has 1 N–H and O–H groups in total. The molecule has 1 aliphatic rings. The number of Topliss-reactive ketones (excluding diaryl/α,β-unsaturated/α-hetero) is 1. The molecular weight excluding hydrogens is 202 g/mol. The molecule has 1 aliphatic heterocycles. The summed E-state index contributed by atoms with van der Waals surface area (Å²) in [5.74, 6) is -1.89. The van der Waals surface area contributed by atoms with Gasteiger partial charge in [0.25, 0.3) is 0 Å². The normalized spacial score (nSPS) is 25.1. The van der Waals surface area contributed by atoms with E-state index < -0.39 is 23.9 Å². The molecule has 6 nitrogen and oxygen atoms in total. The van der Waals surface area contributed by atoms with Crippen molar-refractivity contribution in [2.45, 2.75) is 12.5 Å². The van der Waals surface area contributed by atoms with Gasteiger partial charge in [-0.3, -0.25) is 19.7 Å². The van der Waals surface area contributed by atoms with Gasteiger partial charge >= 0.3 is 11.9 Å². The van der Waals surface area contributed by atoms with Gasteiger partial charge in [0, 0.05) is 0 Å². The third-order valence-corrected chi connectivity index (χ3v) is 2.38. The summed E-state index contributed by atoms with van der Waals surface area (Å²) in [4.78, 5) is 33.6. The van der Waals surface area contributed by atoms with Gasteiger partial charge in [-0.1, -0.05) is 0 Å². The van der Waals surface area contributed by atoms with Crippen molar-refractivity contribution < 1.29 is 23.9 Å². The number of esters is 2. The molecule has 1 rings (SSSR count). The first-order valence-electron chi connectivity index (χ1n) is 4.51. The molecular formula is C9H13NO5. The molecule has 6 heteroatoms. The minimum Gasteiger partial charge on any atom is -0.469 e. The molecule has 0 aromatic heterocycles. The van der Waals surface area contributed by atoms with Gasteiger partial charge in [0.15, 0.2) is 5.78 Å². The Morgan fingerprint density at radius 3 is 2.60 bits per heavy atom. The number of nitrogens with one attached hydrogen (secondary N) is 1. The maximum Gasteiger partial charge on any atom is 0.323 e. The van der Waals surface area contributed by atoms with E-state index in [-0.39, 0.29) is 18.7 Å². The van der Waals surface area contributed by atoms with Crippen molar-refractivity contribution >= 4 is 17.7 Å².